The maximum Gasteiger partial charge on any atom is 0.246 e. The molecule has 2 aliphatic rings. The summed E-state index contributed by atoms with van der Waals surface area (Å²) in [6, 6.07) is 19.0. The molecule has 2 amide bonds. The van der Waals surface area contributed by atoms with E-state index in [9.17, 15) is 18.0 Å². The van der Waals surface area contributed by atoms with Crippen molar-refractivity contribution in [3.63, 3.8) is 0 Å². The average Bonchev–Trinajstić information content (AvgIpc) is 2.91. The number of hydrogen-bond donors (Lipinski definition) is 0. The Kier molecular flexibility index (Phi) is 8.15. The maximum atomic E-state index is 13.0. The van der Waals surface area contributed by atoms with Crippen LogP contribution in [-0.4, -0.2) is 73.6 Å². The van der Waals surface area contributed by atoms with Gasteiger partial charge in [-0.2, -0.15) is 4.31 Å². The van der Waals surface area contributed by atoms with Crippen molar-refractivity contribution in [3.8, 4) is 0 Å². The Morgan fingerprint density at radius 3 is 1.83 bits per heavy atom. The van der Waals surface area contributed by atoms with Crippen LogP contribution in [0.5, 0.6) is 0 Å². The summed E-state index contributed by atoms with van der Waals surface area (Å²) in [6.45, 7) is 2.44. The third-order valence-electron chi connectivity index (χ3n) is 6.52. The first-order valence-corrected chi connectivity index (χ1v) is 13.5. The second-order valence-electron chi connectivity index (χ2n) is 8.83. The summed E-state index contributed by atoms with van der Waals surface area (Å²) >= 11 is 0. The van der Waals surface area contributed by atoms with Gasteiger partial charge in [0.2, 0.25) is 21.8 Å². The van der Waals surface area contributed by atoms with E-state index in [2.05, 4.69) is 0 Å². The molecule has 0 radical (unpaired) electrons. The molecule has 0 atom stereocenters. The molecule has 2 aromatic carbocycles. The zero-order chi connectivity index (χ0) is 24.7. The molecule has 0 aromatic heterocycles. The third-order valence-corrected chi connectivity index (χ3v) is 8.08. The Morgan fingerprint density at radius 1 is 0.714 bits per heavy atom. The number of hydrogen-bond acceptors (Lipinski definition) is 4. The molecule has 0 bridgehead atoms. The summed E-state index contributed by atoms with van der Waals surface area (Å²) in [5, 5.41) is 1.23. The van der Waals surface area contributed by atoms with Gasteiger partial charge in [-0.15, -0.1) is 0 Å². The van der Waals surface area contributed by atoms with Crippen molar-refractivity contribution < 1.29 is 18.0 Å². The molecule has 0 spiro atoms. The molecule has 0 saturated carbocycles. The smallest absolute Gasteiger partial charge is 0.246 e. The Balaban J connectivity index is 1.24. The van der Waals surface area contributed by atoms with Crippen LogP contribution in [-0.2, 0) is 19.6 Å². The average molecular weight is 494 g/mol. The Bertz CT molecular complexity index is 1160. The van der Waals surface area contributed by atoms with Gasteiger partial charge in [0.25, 0.3) is 0 Å². The third kappa shape index (κ3) is 6.68. The number of nitrogens with zero attached hydrogens (tertiary/aromatic N) is 3. The second kappa shape index (κ2) is 11.5. The number of piperidine rings is 1. The van der Waals surface area contributed by atoms with Crippen molar-refractivity contribution in [1.29, 1.82) is 0 Å². The van der Waals surface area contributed by atoms with E-state index in [1.54, 1.807) is 22.0 Å². The molecule has 2 heterocycles. The molecule has 2 aliphatic heterocycles. The summed E-state index contributed by atoms with van der Waals surface area (Å²) in [5.74, 6) is -0.103. The molecular weight excluding hydrogens is 462 g/mol. The summed E-state index contributed by atoms with van der Waals surface area (Å²) in [7, 11) is -3.53. The van der Waals surface area contributed by atoms with Crippen molar-refractivity contribution in [2.24, 2.45) is 5.92 Å². The van der Waals surface area contributed by atoms with Gasteiger partial charge in [0.15, 0.2) is 0 Å². The number of likely N-dealkylation sites (tertiary alicyclic amines) is 1. The molecular formula is C27H31N3O4S. The number of carbonyl (C=O) groups is 2. The number of carbonyl (C=O) groups excluding carboxylic acids is 2. The highest BCUT2D eigenvalue weighted by Gasteiger charge is 2.33. The van der Waals surface area contributed by atoms with Gasteiger partial charge in [-0.25, -0.2) is 8.42 Å². The van der Waals surface area contributed by atoms with Crippen molar-refractivity contribution in [3.05, 3.63) is 83.3 Å². The van der Waals surface area contributed by atoms with Crippen LogP contribution in [0.2, 0.25) is 0 Å². The molecule has 0 unspecified atom stereocenters. The van der Waals surface area contributed by atoms with E-state index in [-0.39, 0.29) is 30.8 Å². The lowest BCUT2D eigenvalue weighted by atomic mass is 9.95. The summed E-state index contributed by atoms with van der Waals surface area (Å²) < 4.78 is 26.8. The van der Waals surface area contributed by atoms with E-state index < -0.39 is 10.0 Å². The highest BCUT2D eigenvalue weighted by molar-refractivity contribution is 7.92. The molecule has 184 valence electrons. The fraction of sp³-hybridized carbons (Fsp3) is 0.333. The zero-order valence-corrected chi connectivity index (χ0v) is 20.5. The van der Waals surface area contributed by atoms with E-state index in [1.807, 2.05) is 66.7 Å². The number of amides is 2. The lowest BCUT2D eigenvalue weighted by molar-refractivity contribution is -0.140. The fourth-order valence-corrected chi connectivity index (χ4v) is 5.59. The standard InChI is InChI=1S/C27H31N3O4S/c31-26(12-11-23-7-3-1-4-8-23)28-16-13-25(14-17-28)27(32)29-18-20-30(21-19-29)35(33,34)22-15-24-9-5-2-6-10-24/h1-12,15,22,25H,13-14,16-21H2/b12-11+,22-15+. The lowest BCUT2D eigenvalue weighted by Gasteiger charge is -2.37. The highest BCUT2D eigenvalue weighted by Crippen LogP contribution is 2.22. The van der Waals surface area contributed by atoms with Crippen molar-refractivity contribution in [1.82, 2.24) is 14.1 Å². The SMILES string of the molecule is O=C(/C=C/c1ccccc1)N1CCC(C(=O)N2CCN(S(=O)(=O)/C=C/c3ccccc3)CC2)CC1. The number of benzene rings is 2. The lowest BCUT2D eigenvalue weighted by Crippen LogP contribution is -2.52. The van der Waals surface area contributed by atoms with Crippen molar-refractivity contribution >= 4 is 34.0 Å². The number of sulfonamides is 1. The zero-order valence-electron chi connectivity index (χ0n) is 19.7. The Labute approximate surface area is 207 Å². The Hall–Kier alpha value is -3.23. The number of piperazine rings is 1. The molecule has 2 saturated heterocycles. The maximum absolute atomic E-state index is 13.0. The van der Waals surface area contributed by atoms with Crippen molar-refractivity contribution in [2.45, 2.75) is 12.8 Å². The van der Waals surface area contributed by atoms with Gasteiger partial charge in [-0.1, -0.05) is 60.7 Å². The molecule has 2 fully saturated rings. The fourth-order valence-electron chi connectivity index (χ4n) is 4.42. The quantitative estimate of drug-likeness (QED) is 0.580. The van der Waals surface area contributed by atoms with Crippen molar-refractivity contribution in [2.75, 3.05) is 39.3 Å². The predicted octanol–water partition coefficient (Wildman–Crippen LogP) is 3.08. The summed E-state index contributed by atoms with van der Waals surface area (Å²) in [4.78, 5) is 29.1. The van der Waals surface area contributed by atoms with E-state index in [0.717, 1.165) is 11.1 Å². The van der Waals surface area contributed by atoms with Crippen LogP contribution < -0.4 is 0 Å². The summed E-state index contributed by atoms with van der Waals surface area (Å²) in [5.41, 5.74) is 1.80. The largest absolute Gasteiger partial charge is 0.340 e. The first kappa shape index (κ1) is 24.9. The van der Waals surface area contributed by atoms with Gasteiger partial charge < -0.3 is 9.80 Å². The van der Waals surface area contributed by atoms with Gasteiger partial charge in [0.1, 0.15) is 0 Å². The van der Waals surface area contributed by atoms with Gasteiger partial charge in [-0.05, 0) is 36.1 Å². The first-order valence-electron chi connectivity index (χ1n) is 12.0. The van der Waals surface area contributed by atoms with Crippen LogP contribution in [0.4, 0.5) is 0 Å². The van der Waals surface area contributed by atoms with E-state index in [4.69, 9.17) is 0 Å². The molecule has 4 rings (SSSR count). The molecule has 2 aromatic rings. The van der Waals surface area contributed by atoms with Crippen LogP contribution in [0.1, 0.15) is 24.0 Å². The van der Waals surface area contributed by atoms with Gasteiger partial charge >= 0.3 is 0 Å². The van der Waals surface area contributed by atoms with Gasteiger partial charge in [0, 0.05) is 56.7 Å². The molecule has 0 N–H and O–H groups in total. The van der Waals surface area contributed by atoms with Crippen LogP contribution in [0.3, 0.4) is 0 Å². The van der Waals surface area contributed by atoms with Crippen LogP contribution in [0, 0.1) is 5.92 Å². The van der Waals surface area contributed by atoms with Gasteiger partial charge in [-0.3, -0.25) is 9.59 Å². The Morgan fingerprint density at radius 2 is 1.26 bits per heavy atom. The van der Waals surface area contributed by atoms with E-state index in [0.29, 0.717) is 39.0 Å². The molecule has 35 heavy (non-hydrogen) atoms. The van der Waals surface area contributed by atoms with Crippen LogP contribution in [0.25, 0.3) is 12.2 Å². The van der Waals surface area contributed by atoms with Crippen LogP contribution >= 0.6 is 0 Å². The summed E-state index contributed by atoms with van der Waals surface area (Å²) in [6.07, 6.45) is 6.24. The normalized spacial score (nSPS) is 18.4. The van der Waals surface area contributed by atoms with Gasteiger partial charge in [0.05, 0.1) is 0 Å². The van der Waals surface area contributed by atoms with E-state index in [1.165, 1.54) is 9.71 Å². The van der Waals surface area contributed by atoms with Crippen LogP contribution in [0.15, 0.2) is 72.1 Å². The minimum atomic E-state index is -3.53. The molecule has 7 nitrogen and oxygen atoms in total. The minimum Gasteiger partial charge on any atom is -0.340 e. The second-order valence-corrected chi connectivity index (χ2v) is 10.6. The number of rotatable bonds is 6. The highest BCUT2D eigenvalue weighted by atomic mass is 32.2. The monoisotopic (exact) mass is 493 g/mol. The van der Waals surface area contributed by atoms with E-state index >= 15 is 0 Å². The molecule has 0 aliphatic carbocycles. The molecule has 8 heteroatoms. The predicted molar refractivity (Wildman–Crippen MR) is 137 cm³/mol. The topological polar surface area (TPSA) is 78.0 Å². The first-order chi connectivity index (χ1) is 16.9. The minimum absolute atomic E-state index is 0.0397.